The van der Waals surface area contributed by atoms with Crippen LogP contribution in [0.3, 0.4) is 0 Å². The maximum absolute atomic E-state index is 12.9. The first-order valence-electron chi connectivity index (χ1n) is 4.96. The molecule has 0 saturated heterocycles. The van der Waals surface area contributed by atoms with Gasteiger partial charge < -0.3 is 10.8 Å². The number of aliphatic hydroxyl groups excluding tert-OH is 1. The second-order valence-corrected chi connectivity index (χ2v) is 4.68. The Morgan fingerprint density at radius 1 is 1.53 bits per heavy atom. The molecule has 1 aromatic rings. The summed E-state index contributed by atoms with van der Waals surface area (Å²) < 4.78 is 12.9. The maximum atomic E-state index is 12.9. The number of halogens is 1. The molecule has 15 heavy (non-hydrogen) atoms. The molecule has 0 heterocycles. The van der Waals surface area contributed by atoms with Crippen LogP contribution in [0.1, 0.15) is 13.3 Å². The molecule has 0 saturated carbocycles. The van der Waals surface area contributed by atoms with Crippen LogP contribution in [0.5, 0.6) is 0 Å². The number of rotatable bonds is 5. The second-order valence-electron chi connectivity index (χ2n) is 3.37. The number of hydrogen-bond acceptors (Lipinski definition) is 3. The van der Waals surface area contributed by atoms with E-state index in [1.807, 2.05) is 13.0 Å². The molecule has 84 valence electrons. The Kier molecular flexibility index (Phi) is 5.08. The van der Waals surface area contributed by atoms with Crippen molar-refractivity contribution >= 4 is 11.8 Å². The van der Waals surface area contributed by atoms with Crippen LogP contribution >= 0.6 is 11.8 Å². The van der Waals surface area contributed by atoms with Gasteiger partial charge in [0.1, 0.15) is 5.82 Å². The number of hydrogen-bond donors (Lipinski definition) is 2. The lowest BCUT2D eigenvalue weighted by Gasteiger charge is -2.19. The molecule has 0 fully saturated rings. The molecule has 0 aliphatic rings. The molecule has 2 nitrogen and oxygen atoms in total. The Hall–Kier alpha value is -0.580. The Labute approximate surface area is 93.7 Å². The lowest BCUT2D eigenvalue weighted by molar-refractivity contribution is 0.281. The van der Waals surface area contributed by atoms with Crippen molar-refractivity contribution in [1.82, 2.24) is 0 Å². The first-order chi connectivity index (χ1) is 7.17. The number of nitrogens with two attached hydrogens (primary N) is 1. The SMILES string of the molecule is CCC(N)C(CO)Sc1cccc(F)c1. The fraction of sp³-hybridized carbons (Fsp3) is 0.455. The standard InChI is InChI=1S/C11H16FNOS/c1-2-10(13)11(7-14)15-9-5-3-4-8(12)6-9/h3-6,10-11,14H,2,7,13H2,1H3. The highest BCUT2D eigenvalue weighted by molar-refractivity contribution is 8.00. The van der Waals surface area contributed by atoms with E-state index in [2.05, 4.69) is 0 Å². The van der Waals surface area contributed by atoms with Gasteiger partial charge in [0.05, 0.1) is 6.61 Å². The van der Waals surface area contributed by atoms with Gasteiger partial charge in [0.2, 0.25) is 0 Å². The van der Waals surface area contributed by atoms with Gasteiger partial charge in [0, 0.05) is 16.2 Å². The monoisotopic (exact) mass is 229 g/mol. The van der Waals surface area contributed by atoms with Crippen molar-refractivity contribution in [2.24, 2.45) is 5.73 Å². The van der Waals surface area contributed by atoms with Crippen molar-refractivity contribution in [2.45, 2.75) is 29.5 Å². The predicted molar refractivity (Wildman–Crippen MR) is 61.4 cm³/mol. The average molecular weight is 229 g/mol. The summed E-state index contributed by atoms with van der Waals surface area (Å²) in [6.45, 7) is 1.98. The van der Waals surface area contributed by atoms with Gasteiger partial charge in [0.25, 0.3) is 0 Å². The Morgan fingerprint density at radius 3 is 2.80 bits per heavy atom. The van der Waals surface area contributed by atoms with E-state index in [9.17, 15) is 4.39 Å². The zero-order valence-corrected chi connectivity index (χ0v) is 9.51. The summed E-state index contributed by atoms with van der Waals surface area (Å²) in [5.74, 6) is -0.262. The Bertz CT molecular complexity index is 308. The molecule has 0 aliphatic heterocycles. The average Bonchev–Trinajstić information content (AvgIpc) is 2.25. The van der Waals surface area contributed by atoms with Crippen LogP contribution in [-0.4, -0.2) is 23.0 Å². The molecule has 0 aromatic heterocycles. The van der Waals surface area contributed by atoms with E-state index in [4.69, 9.17) is 10.8 Å². The summed E-state index contributed by atoms with van der Waals surface area (Å²) in [6.07, 6.45) is 0.799. The zero-order valence-electron chi connectivity index (χ0n) is 8.69. The van der Waals surface area contributed by atoms with E-state index in [1.165, 1.54) is 23.9 Å². The van der Waals surface area contributed by atoms with Crippen LogP contribution in [0.4, 0.5) is 4.39 Å². The maximum Gasteiger partial charge on any atom is 0.124 e. The third-order valence-corrected chi connectivity index (χ3v) is 3.54. The largest absolute Gasteiger partial charge is 0.395 e. The number of thioether (sulfide) groups is 1. The number of benzene rings is 1. The van der Waals surface area contributed by atoms with Gasteiger partial charge in [-0.1, -0.05) is 13.0 Å². The van der Waals surface area contributed by atoms with E-state index in [1.54, 1.807) is 6.07 Å². The summed E-state index contributed by atoms with van der Waals surface area (Å²) in [6, 6.07) is 6.26. The van der Waals surface area contributed by atoms with Crippen molar-refractivity contribution in [3.63, 3.8) is 0 Å². The molecule has 0 radical (unpaired) electrons. The van der Waals surface area contributed by atoms with Crippen LogP contribution < -0.4 is 5.73 Å². The molecule has 4 heteroatoms. The van der Waals surface area contributed by atoms with Crippen molar-refractivity contribution < 1.29 is 9.50 Å². The molecule has 0 aliphatic carbocycles. The van der Waals surface area contributed by atoms with E-state index in [-0.39, 0.29) is 23.7 Å². The lowest BCUT2D eigenvalue weighted by Crippen LogP contribution is -2.34. The molecule has 1 aromatic carbocycles. The minimum absolute atomic E-state index is 0.0101. The lowest BCUT2D eigenvalue weighted by atomic mass is 10.2. The van der Waals surface area contributed by atoms with Gasteiger partial charge in [-0.15, -0.1) is 11.8 Å². The van der Waals surface area contributed by atoms with Gasteiger partial charge in [0.15, 0.2) is 0 Å². The third-order valence-electron chi connectivity index (χ3n) is 2.21. The fourth-order valence-corrected chi connectivity index (χ4v) is 2.37. The quantitative estimate of drug-likeness (QED) is 0.759. The summed E-state index contributed by atoms with van der Waals surface area (Å²) in [5.41, 5.74) is 5.84. The molecule has 0 amide bonds. The third kappa shape index (κ3) is 3.81. The molecular weight excluding hydrogens is 213 g/mol. The predicted octanol–water partition coefficient (Wildman–Crippen LogP) is 2.02. The van der Waals surface area contributed by atoms with Gasteiger partial charge in [-0.3, -0.25) is 0 Å². The highest BCUT2D eigenvalue weighted by atomic mass is 32.2. The van der Waals surface area contributed by atoms with E-state index >= 15 is 0 Å². The minimum Gasteiger partial charge on any atom is -0.395 e. The van der Waals surface area contributed by atoms with E-state index in [0.29, 0.717) is 0 Å². The molecule has 0 bridgehead atoms. The first kappa shape index (κ1) is 12.5. The normalized spacial score (nSPS) is 14.9. The van der Waals surface area contributed by atoms with Crippen LogP contribution in [0.2, 0.25) is 0 Å². The second kappa shape index (κ2) is 6.10. The van der Waals surface area contributed by atoms with Gasteiger partial charge in [-0.05, 0) is 24.6 Å². The van der Waals surface area contributed by atoms with Crippen LogP contribution in [0, 0.1) is 5.82 Å². The molecule has 2 unspecified atom stereocenters. The molecule has 1 rings (SSSR count). The molecule has 3 N–H and O–H groups in total. The highest BCUT2D eigenvalue weighted by Crippen LogP contribution is 2.25. The van der Waals surface area contributed by atoms with Gasteiger partial charge in [-0.25, -0.2) is 4.39 Å². The topological polar surface area (TPSA) is 46.2 Å². The van der Waals surface area contributed by atoms with Gasteiger partial charge in [-0.2, -0.15) is 0 Å². The fourth-order valence-electron chi connectivity index (χ4n) is 1.24. The molecule has 0 spiro atoms. The smallest absolute Gasteiger partial charge is 0.124 e. The van der Waals surface area contributed by atoms with Gasteiger partial charge >= 0.3 is 0 Å². The minimum atomic E-state index is -0.262. The highest BCUT2D eigenvalue weighted by Gasteiger charge is 2.16. The molecular formula is C11H16FNOS. The Balaban J connectivity index is 2.66. The first-order valence-corrected chi connectivity index (χ1v) is 5.84. The van der Waals surface area contributed by atoms with Crippen molar-refractivity contribution in [3.05, 3.63) is 30.1 Å². The number of aliphatic hydroxyl groups is 1. The zero-order chi connectivity index (χ0) is 11.3. The van der Waals surface area contributed by atoms with Crippen molar-refractivity contribution in [1.29, 1.82) is 0 Å². The van der Waals surface area contributed by atoms with E-state index < -0.39 is 0 Å². The van der Waals surface area contributed by atoms with Crippen molar-refractivity contribution in [3.8, 4) is 0 Å². The van der Waals surface area contributed by atoms with Crippen LogP contribution in [0.15, 0.2) is 29.2 Å². The van der Waals surface area contributed by atoms with Crippen LogP contribution in [0.25, 0.3) is 0 Å². The molecule has 2 atom stereocenters. The summed E-state index contributed by atoms with van der Waals surface area (Å²) in [7, 11) is 0. The summed E-state index contributed by atoms with van der Waals surface area (Å²) in [4.78, 5) is 0.804. The van der Waals surface area contributed by atoms with Crippen LogP contribution in [-0.2, 0) is 0 Å². The van der Waals surface area contributed by atoms with Crippen molar-refractivity contribution in [2.75, 3.05) is 6.61 Å². The van der Waals surface area contributed by atoms with E-state index in [0.717, 1.165) is 11.3 Å². The summed E-state index contributed by atoms with van der Waals surface area (Å²) >= 11 is 1.42. The Morgan fingerprint density at radius 2 is 2.27 bits per heavy atom. The summed E-state index contributed by atoms with van der Waals surface area (Å²) in [5, 5.41) is 9.09.